The van der Waals surface area contributed by atoms with Crippen molar-refractivity contribution in [3.8, 4) is 0 Å². The zero-order chi connectivity index (χ0) is 14.2. The summed E-state index contributed by atoms with van der Waals surface area (Å²) in [7, 11) is 0. The number of nitrogens with one attached hydrogen (secondary N) is 1. The van der Waals surface area contributed by atoms with E-state index in [4.69, 9.17) is 0 Å². The predicted octanol–water partition coefficient (Wildman–Crippen LogP) is 1.57. The van der Waals surface area contributed by atoms with E-state index in [0.717, 1.165) is 12.8 Å². The van der Waals surface area contributed by atoms with E-state index in [-0.39, 0.29) is 22.8 Å². The minimum Gasteiger partial charge on any atom is -0.356 e. The van der Waals surface area contributed by atoms with Crippen LogP contribution in [-0.4, -0.2) is 36.3 Å². The van der Waals surface area contributed by atoms with Gasteiger partial charge in [-0.3, -0.25) is 9.59 Å². The Hall–Kier alpha value is -1.91. The van der Waals surface area contributed by atoms with E-state index in [9.17, 15) is 14.0 Å². The van der Waals surface area contributed by atoms with Crippen LogP contribution in [0, 0.1) is 11.2 Å². The van der Waals surface area contributed by atoms with Crippen molar-refractivity contribution in [3.63, 3.8) is 0 Å². The molecule has 3 rings (SSSR count). The van der Waals surface area contributed by atoms with Crippen molar-refractivity contribution < 1.29 is 14.0 Å². The van der Waals surface area contributed by atoms with Crippen LogP contribution in [0.4, 0.5) is 4.39 Å². The van der Waals surface area contributed by atoms with Gasteiger partial charge in [0.05, 0.1) is 5.56 Å². The number of rotatable bonds is 1. The molecule has 0 aliphatic carbocycles. The van der Waals surface area contributed by atoms with E-state index in [0.29, 0.717) is 26.1 Å². The topological polar surface area (TPSA) is 49.4 Å². The molecule has 0 bridgehead atoms. The molecular formula is C15H17FN2O2. The smallest absolute Gasteiger partial charge is 0.256 e. The Morgan fingerprint density at radius 2 is 1.95 bits per heavy atom. The van der Waals surface area contributed by atoms with E-state index in [1.165, 1.54) is 12.1 Å². The summed E-state index contributed by atoms with van der Waals surface area (Å²) in [5.74, 6) is -0.635. The van der Waals surface area contributed by atoms with E-state index >= 15 is 0 Å². The molecule has 2 aliphatic heterocycles. The van der Waals surface area contributed by atoms with Gasteiger partial charge < -0.3 is 10.2 Å². The number of piperidine rings is 1. The van der Waals surface area contributed by atoms with Gasteiger partial charge in [-0.15, -0.1) is 0 Å². The molecule has 0 aromatic heterocycles. The lowest BCUT2D eigenvalue weighted by atomic mass is 9.77. The number of amides is 2. The third kappa shape index (κ3) is 2.28. The maximum atomic E-state index is 13.6. The number of likely N-dealkylation sites (tertiary alicyclic amines) is 1. The van der Waals surface area contributed by atoms with E-state index < -0.39 is 5.82 Å². The highest BCUT2D eigenvalue weighted by Crippen LogP contribution is 2.37. The van der Waals surface area contributed by atoms with Crippen molar-refractivity contribution in [2.75, 3.05) is 19.6 Å². The third-order valence-corrected chi connectivity index (χ3v) is 4.41. The van der Waals surface area contributed by atoms with Gasteiger partial charge in [-0.2, -0.15) is 0 Å². The first-order valence-electron chi connectivity index (χ1n) is 6.90. The lowest BCUT2D eigenvalue weighted by molar-refractivity contribution is -0.119. The van der Waals surface area contributed by atoms with Crippen LogP contribution in [0.3, 0.4) is 0 Å². The summed E-state index contributed by atoms with van der Waals surface area (Å²) in [5, 5.41) is 2.86. The quantitative estimate of drug-likeness (QED) is 0.846. The van der Waals surface area contributed by atoms with Gasteiger partial charge in [-0.25, -0.2) is 4.39 Å². The van der Waals surface area contributed by atoms with Gasteiger partial charge in [0, 0.05) is 26.1 Å². The SMILES string of the molecule is O=C1CC2(CCN(C(=O)c3ccccc3F)CC2)CN1. The lowest BCUT2D eigenvalue weighted by Gasteiger charge is -2.38. The van der Waals surface area contributed by atoms with E-state index in [1.54, 1.807) is 17.0 Å². The summed E-state index contributed by atoms with van der Waals surface area (Å²) in [4.78, 5) is 25.3. The normalized spacial score (nSPS) is 21.1. The first-order valence-corrected chi connectivity index (χ1v) is 6.90. The Bertz CT molecular complexity index is 551. The van der Waals surface area contributed by atoms with Crippen molar-refractivity contribution in [1.82, 2.24) is 10.2 Å². The highest BCUT2D eigenvalue weighted by Gasteiger charge is 2.41. The first-order chi connectivity index (χ1) is 9.60. The fourth-order valence-corrected chi connectivity index (χ4v) is 3.09. The molecule has 0 radical (unpaired) electrons. The van der Waals surface area contributed by atoms with E-state index in [2.05, 4.69) is 5.32 Å². The lowest BCUT2D eigenvalue weighted by Crippen LogP contribution is -2.44. The Morgan fingerprint density at radius 1 is 1.25 bits per heavy atom. The number of hydrogen-bond donors (Lipinski definition) is 1. The molecule has 2 heterocycles. The minimum atomic E-state index is -0.476. The second kappa shape index (κ2) is 4.89. The van der Waals surface area contributed by atoms with Gasteiger partial charge in [0.1, 0.15) is 5.82 Å². The number of carbonyl (C=O) groups is 2. The van der Waals surface area contributed by atoms with Crippen LogP contribution in [0.2, 0.25) is 0 Å². The zero-order valence-corrected chi connectivity index (χ0v) is 11.2. The van der Waals surface area contributed by atoms with Crippen LogP contribution >= 0.6 is 0 Å². The molecule has 1 aromatic carbocycles. The maximum absolute atomic E-state index is 13.6. The predicted molar refractivity (Wildman–Crippen MR) is 71.6 cm³/mol. The molecule has 4 nitrogen and oxygen atoms in total. The molecule has 20 heavy (non-hydrogen) atoms. The van der Waals surface area contributed by atoms with Gasteiger partial charge in [0.25, 0.3) is 5.91 Å². The fourth-order valence-electron chi connectivity index (χ4n) is 3.09. The first kappa shape index (κ1) is 13.1. The Kier molecular flexibility index (Phi) is 3.20. The fraction of sp³-hybridized carbons (Fsp3) is 0.467. The summed E-state index contributed by atoms with van der Waals surface area (Å²) in [6.45, 7) is 1.87. The molecule has 0 saturated carbocycles. The van der Waals surface area contributed by atoms with Crippen LogP contribution in [0.25, 0.3) is 0 Å². The number of nitrogens with zero attached hydrogens (tertiary/aromatic N) is 1. The van der Waals surface area contributed by atoms with Crippen LogP contribution in [0.1, 0.15) is 29.6 Å². The molecule has 1 N–H and O–H groups in total. The second-order valence-electron chi connectivity index (χ2n) is 5.73. The Balaban J connectivity index is 1.68. The average Bonchev–Trinajstić information content (AvgIpc) is 2.81. The number of benzene rings is 1. The van der Waals surface area contributed by atoms with Crippen LogP contribution in [0.5, 0.6) is 0 Å². The number of halogens is 1. The molecule has 2 fully saturated rings. The van der Waals surface area contributed by atoms with Crippen molar-refractivity contribution in [1.29, 1.82) is 0 Å². The summed E-state index contributed by atoms with van der Waals surface area (Å²) >= 11 is 0. The van der Waals surface area contributed by atoms with Gasteiger partial charge in [-0.1, -0.05) is 12.1 Å². The molecule has 1 aromatic rings. The summed E-state index contributed by atoms with van der Waals surface area (Å²) in [6, 6.07) is 6.06. The summed E-state index contributed by atoms with van der Waals surface area (Å²) < 4.78 is 13.6. The van der Waals surface area contributed by atoms with Crippen LogP contribution in [0.15, 0.2) is 24.3 Å². The molecule has 0 atom stereocenters. The molecule has 1 spiro atoms. The number of carbonyl (C=O) groups excluding carboxylic acids is 2. The van der Waals surface area contributed by atoms with Crippen molar-refractivity contribution in [2.45, 2.75) is 19.3 Å². The Labute approximate surface area is 117 Å². The van der Waals surface area contributed by atoms with Crippen molar-refractivity contribution in [2.24, 2.45) is 5.41 Å². The highest BCUT2D eigenvalue weighted by atomic mass is 19.1. The van der Waals surface area contributed by atoms with Crippen LogP contribution in [-0.2, 0) is 4.79 Å². The Morgan fingerprint density at radius 3 is 2.55 bits per heavy atom. The molecule has 2 aliphatic rings. The summed E-state index contributed by atoms with van der Waals surface area (Å²) in [5.41, 5.74) is 0.132. The number of hydrogen-bond acceptors (Lipinski definition) is 2. The van der Waals surface area contributed by atoms with Gasteiger partial charge in [0.15, 0.2) is 0 Å². The molecule has 5 heteroatoms. The highest BCUT2D eigenvalue weighted by molar-refractivity contribution is 5.94. The standard InChI is InChI=1S/C15H17FN2O2/c16-12-4-2-1-3-11(12)14(20)18-7-5-15(6-8-18)9-13(19)17-10-15/h1-4H,5-10H2,(H,17,19). The second-order valence-corrected chi connectivity index (χ2v) is 5.73. The van der Waals surface area contributed by atoms with Crippen molar-refractivity contribution in [3.05, 3.63) is 35.6 Å². The largest absolute Gasteiger partial charge is 0.356 e. The molecular weight excluding hydrogens is 259 g/mol. The molecule has 2 saturated heterocycles. The average molecular weight is 276 g/mol. The molecule has 106 valence electrons. The summed E-state index contributed by atoms with van der Waals surface area (Å²) in [6.07, 6.45) is 2.15. The molecule has 2 amide bonds. The minimum absolute atomic E-state index is 0.00307. The maximum Gasteiger partial charge on any atom is 0.256 e. The monoisotopic (exact) mass is 276 g/mol. The third-order valence-electron chi connectivity index (χ3n) is 4.41. The zero-order valence-electron chi connectivity index (χ0n) is 11.2. The molecule has 0 unspecified atom stereocenters. The van der Waals surface area contributed by atoms with Crippen molar-refractivity contribution >= 4 is 11.8 Å². The van der Waals surface area contributed by atoms with Gasteiger partial charge in [-0.05, 0) is 30.4 Å². The van der Waals surface area contributed by atoms with Gasteiger partial charge >= 0.3 is 0 Å². The van der Waals surface area contributed by atoms with Crippen LogP contribution < -0.4 is 5.32 Å². The van der Waals surface area contributed by atoms with Gasteiger partial charge in [0.2, 0.25) is 5.91 Å². The van der Waals surface area contributed by atoms with E-state index in [1.807, 2.05) is 0 Å².